The van der Waals surface area contributed by atoms with Gasteiger partial charge in [-0.2, -0.15) is 0 Å². The van der Waals surface area contributed by atoms with E-state index < -0.39 is 0 Å². The maximum atomic E-state index is 6.11. The lowest BCUT2D eigenvalue weighted by Crippen LogP contribution is -2.69. The Kier molecular flexibility index (Phi) is 7.53. The van der Waals surface area contributed by atoms with E-state index in [0.29, 0.717) is 30.0 Å². The standard InChI is InChI=1S/C22H33N3O3.HI/c1-4-23-21(24-14-15-7-8-17(26-2)18(13-15)27-3)25-19-16-9-12-28-20(16)22(19)10-5-6-11-22;/h7-8,13,16,19-20H,4-6,9-12,14H2,1-3H3,(H2,23,24,25);1H. The molecule has 2 saturated carbocycles. The Morgan fingerprint density at radius 2 is 1.97 bits per heavy atom. The van der Waals surface area contributed by atoms with Crippen LogP contribution in [0.5, 0.6) is 11.5 Å². The molecule has 2 N–H and O–H groups in total. The number of ether oxygens (including phenoxy) is 3. The minimum atomic E-state index is 0. The number of nitrogens with one attached hydrogen (secondary N) is 2. The molecule has 0 radical (unpaired) electrons. The van der Waals surface area contributed by atoms with Crippen LogP contribution in [0.3, 0.4) is 0 Å². The van der Waals surface area contributed by atoms with E-state index >= 15 is 0 Å². The summed E-state index contributed by atoms with van der Waals surface area (Å²) in [6.45, 7) is 4.47. The van der Waals surface area contributed by atoms with Gasteiger partial charge in [-0.25, -0.2) is 4.99 Å². The van der Waals surface area contributed by atoms with Crippen molar-refractivity contribution in [1.29, 1.82) is 0 Å². The van der Waals surface area contributed by atoms with Crippen molar-refractivity contribution in [3.63, 3.8) is 0 Å². The van der Waals surface area contributed by atoms with Crippen molar-refractivity contribution in [3.8, 4) is 11.5 Å². The third-order valence-corrected chi connectivity index (χ3v) is 6.79. The number of rotatable bonds is 6. The molecule has 29 heavy (non-hydrogen) atoms. The molecule has 0 aromatic heterocycles. The van der Waals surface area contributed by atoms with Gasteiger partial charge in [0.05, 0.1) is 26.9 Å². The van der Waals surface area contributed by atoms with Crippen molar-refractivity contribution in [2.24, 2.45) is 16.3 Å². The van der Waals surface area contributed by atoms with Gasteiger partial charge in [0.2, 0.25) is 0 Å². The number of guanidine groups is 1. The Morgan fingerprint density at radius 1 is 1.21 bits per heavy atom. The van der Waals surface area contributed by atoms with Gasteiger partial charge in [-0.1, -0.05) is 18.9 Å². The highest BCUT2D eigenvalue weighted by atomic mass is 127. The van der Waals surface area contributed by atoms with E-state index in [2.05, 4.69) is 17.6 Å². The molecule has 0 bridgehead atoms. The Bertz CT molecular complexity index is 721. The summed E-state index contributed by atoms with van der Waals surface area (Å²) in [5.74, 6) is 3.01. The average molecular weight is 515 g/mol. The SMILES string of the molecule is CCNC(=NCc1ccc(OC)c(OC)c1)NC1C2CCOC2C12CCCC2.I. The Morgan fingerprint density at radius 3 is 2.66 bits per heavy atom. The van der Waals surface area contributed by atoms with Crippen molar-refractivity contribution in [3.05, 3.63) is 23.8 Å². The molecule has 1 heterocycles. The monoisotopic (exact) mass is 515 g/mol. The summed E-state index contributed by atoms with van der Waals surface area (Å²) in [5, 5.41) is 7.21. The Hall–Kier alpha value is -1.22. The van der Waals surface area contributed by atoms with Gasteiger partial charge in [-0.3, -0.25) is 0 Å². The molecule has 1 aliphatic heterocycles. The van der Waals surface area contributed by atoms with E-state index in [1.807, 2.05) is 18.2 Å². The first-order chi connectivity index (χ1) is 13.7. The molecule has 3 aliphatic rings. The number of fused-ring (bicyclic) bond motifs is 2. The summed E-state index contributed by atoms with van der Waals surface area (Å²) < 4.78 is 16.9. The Labute approximate surface area is 191 Å². The largest absolute Gasteiger partial charge is 0.493 e. The van der Waals surface area contributed by atoms with Crippen LogP contribution in [0.15, 0.2) is 23.2 Å². The van der Waals surface area contributed by atoms with E-state index in [9.17, 15) is 0 Å². The summed E-state index contributed by atoms with van der Waals surface area (Å²) in [6, 6.07) is 6.45. The van der Waals surface area contributed by atoms with Gasteiger partial charge >= 0.3 is 0 Å². The first-order valence-corrected chi connectivity index (χ1v) is 10.6. The van der Waals surface area contributed by atoms with Crippen LogP contribution in [-0.2, 0) is 11.3 Å². The number of hydrogen-bond acceptors (Lipinski definition) is 4. The highest BCUT2D eigenvalue weighted by Gasteiger charge is 2.65. The number of aliphatic imine (C=N–C) groups is 1. The maximum Gasteiger partial charge on any atom is 0.191 e. The minimum Gasteiger partial charge on any atom is -0.493 e. The number of methoxy groups -OCH3 is 2. The molecule has 6 nitrogen and oxygen atoms in total. The zero-order valence-electron chi connectivity index (χ0n) is 17.7. The molecule has 2 aliphatic carbocycles. The normalized spacial score (nSPS) is 27.0. The summed E-state index contributed by atoms with van der Waals surface area (Å²) in [4.78, 5) is 4.86. The fraction of sp³-hybridized carbons (Fsp3) is 0.682. The topological polar surface area (TPSA) is 64.1 Å². The number of hydrogen-bond donors (Lipinski definition) is 2. The quantitative estimate of drug-likeness (QED) is 0.344. The maximum absolute atomic E-state index is 6.11. The van der Waals surface area contributed by atoms with E-state index in [1.54, 1.807) is 14.2 Å². The fourth-order valence-corrected chi connectivity index (χ4v) is 5.52. The van der Waals surface area contributed by atoms with Crippen molar-refractivity contribution < 1.29 is 14.2 Å². The first-order valence-electron chi connectivity index (χ1n) is 10.6. The van der Waals surface area contributed by atoms with Crippen LogP contribution in [0, 0.1) is 11.3 Å². The molecule has 1 spiro atoms. The average Bonchev–Trinajstić information content (AvgIpc) is 3.38. The van der Waals surface area contributed by atoms with Gasteiger partial charge in [0.1, 0.15) is 0 Å². The van der Waals surface area contributed by atoms with E-state index in [0.717, 1.165) is 36.2 Å². The zero-order chi connectivity index (χ0) is 19.6. The predicted octanol–water partition coefficient (Wildman–Crippen LogP) is 3.72. The van der Waals surface area contributed by atoms with Crippen LogP contribution in [0.1, 0.15) is 44.6 Å². The molecular formula is C22H34IN3O3. The van der Waals surface area contributed by atoms with Crippen LogP contribution in [0.2, 0.25) is 0 Å². The van der Waals surface area contributed by atoms with Gasteiger partial charge in [-0.15, -0.1) is 24.0 Å². The van der Waals surface area contributed by atoms with E-state index in [1.165, 1.54) is 32.1 Å². The second-order valence-electron chi connectivity index (χ2n) is 8.19. The van der Waals surface area contributed by atoms with Gasteiger partial charge in [0.15, 0.2) is 17.5 Å². The molecule has 7 heteroatoms. The third kappa shape index (κ3) is 4.17. The lowest BCUT2D eigenvalue weighted by molar-refractivity contribution is -0.125. The van der Waals surface area contributed by atoms with Gasteiger partial charge in [0.25, 0.3) is 0 Å². The zero-order valence-corrected chi connectivity index (χ0v) is 20.0. The number of nitrogens with zero attached hydrogens (tertiary/aromatic N) is 1. The van der Waals surface area contributed by atoms with Gasteiger partial charge < -0.3 is 24.8 Å². The second-order valence-corrected chi connectivity index (χ2v) is 8.19. The summed E-state index contributed by atoms with van der Waals surface area (Å²) in [5.41, 5.74) is 1.42. The lowest BCUT2D eigenvalue weighted by atomic mass is 9.54. The van der Waals surface area contributed by atoms with E-state index in [-0.39, 0.29) is 24.0 Å². The predicted molar refractivity (Wildman–Crippen MR) is 125 cm³/mol. The minimum absolute atomic E-state index is 0. The van der Waals surface area contributed by atoms with Crippen LogP contribution in [0.4, 0.5) is 0 Å². The van der Waals surface area contributed by atoms with Crippen molar-refractivity contribution in [1.82, 2.24) is 10.6 Å². The Balaban J connectivity index is 0.00000240. The molecular weight excluding hydrogens is 481 g/mol. The summed E-state index contributed by atoms with van der Waals surface area (Å²) in [6.07, 6.45) is 6.83. The highest BCUT2D eigenvalue weighted by molar-refractivity contribution is 14.0. The molecule has 1 saturated heterocycles. The van der Waals surface area contributed by atoms with Crippen molar-refractivity contribution in [2.75, 3.05) is 27.4 Å². The molecule has 3 unspecified atom stereocenters. The number of benzene rings is 1. The van der Waals surface area contributed by atoms with E-state index in [4.69, 9.17) is 19.2 Å². The van der Waals surface area contributed by atoms with Crippen molar-refractivity contribution >= 4 is 29.9 Å². The van der Waals surface area contributed by atoms with Gasteiger partial charge in [-0.05, 0) is 43.9 Å². The molecule has 1 aromatic carbocycles. The van der Waals surface area contributed by atoms with Crippen LogP contribution in [-0.4, -0.2) is 45.5 Å². The third-order valence-electron chi connectivity index (χ3n) is 6.79. The van der Waals surface area contributed by atoms with Crippen LogP contribution < -0.4 is 20.1 Å². The number of halogens is 1. The summed E-state index contributed by atoms with van der Waals surface area (Å²) >= 11 is 0. The van der Waals surface area contributed by atoms with Gasteiger partial charge in [0, 0.05) is 30.5 Å². The van der Waals surface area contributed by atoms with Crippen LogP contribution in [0.25, 0.3) is 0 Å². The van der Waals surface area contributed by atoms with Crippen LogP contribution >= 0.6 is 24.0 Å². The molecule has 3 atom stereocenters. The molecule has 0 amide bonds. The first kappa shape index (κ1) is 22.5. The molecule has 3 fully saturated rings. The summed E-state index contributed by atoms with van der Waals surface area (Å²) in [7, 11) is 3.31. The highest BCUT2D eigenvalue weighted by Crippen LogP contribution is 2.60. The fourth-order valence-electron chi connectivity index (χ4n) is 5.52. The molecule has 4 rings (SSSR count). The molecule has 1 aromatic rings. The second kappa shape index (κ2) is 9.73. The molecule has 162 valence electrons. The van der Waals surface area contributed by atoms with Crippen molar-refractivity contribution in [2.45, 2.75) is 57.7 Å². The lowest BCUT2D eigenvalue weighted by Gasteiger charge is -2.57. The smallest absolute Gasteiger partial charge is 0.191 e.